The van der Waals surface area contributed by atoms with Gasteiger partial charge < -0.3 is 18.9 Å². The minimum absolute atomic E-state index is 0.272. The van der Waals surface area contributed by atoms with E-state index in [9.17, 15) is 9.00 Å². The number of carbonyl (C=O) groups is 1. The first kappa shape index (κ1) is 22.6. The van der Waals surface area contributed by atoms with Crippen molar-refractivity contribution in [1.82, 2.24) is 0 Å². The maximum absolute atomic E-state index is 12.0. The van der Waals surface area contributed by atoms with E-state index in [4.69, 9.17) is 18.9 Å². The molecule has 2 aromatic rings. The van der Waals surface area contributed by atoms with E-state index in [1.54, 1.807) is 12.1 Å². The van der Waals surface area contributed by atoms with Gasteiger partial charge in [-0.2, -0.15) is 0 Å². The van der Waals surface area contributed by atoms with Gasteiger partial charge in [-0.1, -0.05) is 54.6 Å². The highest BCUT2D eigenvalue weighted by Crippen LogP contribution is 2.39. The fourth-order valence-electron chi connectivity index (χ4n) is 3.54. The van der Waals surface area contributed by atoms with E-state index < -0.39 is 27.8 Å². The van der Waals surface area contributed by atoms with Crippen LogP contribution in [0.4, 0.5) is 0 Å². The maximum atomic E-state index is 12.0. The zero-order chi connectivity index (χ0) is 21.7. The van der Waals surface area contributed by atoms with Gasteiger partial charge >= 0.3 is 5.97 Å². The van der Waals surface area contributed by atoms with Crippen molar-refractivity contribution >= 4 is 16.8 Å². The summed E-state index contributed by atoms with van der Waals surface area (Å²) in [6, 6.07) is 17.3. The van der Waals surface area contributed by atoms with Crippen molar-refractivity contribution in [2.24, 2.45) is 0 Å². The molecule has 0 aliphatic carbocycles. The normalized spacial score (nSPS) is 22.4. The highest BCUT2D eigenvalue weighted by Gasteiger charge is 2.42. The fourth-order valence-corrected chi connectivity index (χ4v) is 4.45. The molecule has 30 heavy (non-hydrogen) atoms. The summed E-state index contributed by atoms with van der Waals surface area (Å²) in [4.78, 5) is 12.0. The highest BCUT2D eigenvalue weighted by atomic mass is 32.2. The summed E-state index contributed by atoms with van der Waals surface area (Å²) >= 11 is 0. The molecule has 1 fully saturated rings. The Morgan fingerprint density at radius 2 is 1.77 bits per heavy atom. The lowest BCUT2D eigenvalue weighted by Gasteiger charge is -2.19. The predicted octanol–water partition coefficient (Wildman–Crippen LogP) is 3.69. The minimum atomic E-state index is -1.39. The van der Waals surface area contributed by atoms with Gasteiger partial charge in [0.05, 0.1) is 20.3 Å². The van der Waals surface area contributed by atoms with Crippen LogP contribution in [0.15, 0.2) is 54.6 Å². The summed E-state index contributed by atoms with van der Waals surface area (Å²) in [5.74, 6) is -1.25. The van der Waals surface area contributed by atoms with Crippen LogP contribution in [0.1, 0.15) is 41.9 Å². The van der Waals surface area contributed by atoms with Crippen LogP contribution in [0.3, 0.4) is 0 Å². The monoisotopic (exact) mass is 432 g/mol. The first-order chi connectivity index (χ1) is 14.3. The third-order valence-corrected chi connectivity index (χ3v) is 6.02. The molecule has 7 heteroatoms. The molecule has 0 saturated carbocycles. The molecule has 0 aromatic heterocycles. The number of rotatable bonds is 8. The average Bonchev–Trinajstić information content (AvgIpc) is 3.03. The number of carbonyl (C=O) groups excluding carboxylic acids is 1. The fraction of sp³-hybridized carbons (Fsp3) is 0.435. The van der Waals surface area contributed by atoms with E-state index in [-0.39, 0.29) is 12.2 Å². The Bertz CT molecular complexity index is 865. The molecule has 1 aliphatic rings. The Kier molecular flexibility index (Phi) is 7.41. The quantitative estimate of drug-likeness (QED) is 0.593. The van der Waals surface area contributed by atoms with Gasteiger partial charge in [-0.3, -0.25) is 9.00 Å². The van der Waals surface area contributed by atoms with Gasteiger partial charge in [-0.05, 0) is 30.5 Å². The summed E-state index contributed by atoms with van der Waals surface area (Å²) in [7, 11) is -0.0913. The van der Waals surface area contributed by atoms with E-state index >= 15 is 0 Å². The Morgan fingerprint density at radius 3 is 2.37 bits per heavy atom. The second-order valence-electron chi connectivity index (χ2n) is 7.66. The molecule has 0 radical (unpaired) electrons. The first-order valence-corrected chi connectivity index (χ1v) is 11.4. The smallest absolute Gasteiger partial charge is 0.325 e. The Hall–Kier alpha value is -2.06. The van der Waals surface area contributed by atoms with E-state index in [1.807, 2.05) is 56.3 Å². The van der Waals surface area contributed by atoms with Gasteiger partial charge in [0.25, 0.3) is 0 Å². The van der Waals surface area contributed by atoms with E-state index in [1.165, 1.54) is 13.4 Å². The minimum Gasteiger partial charge on any atom is -0.468 e. The second kappa shape index (κ2) is 9.83. The third kappa shape index (κ3) is 5.55. The summed E-state index contributed by atoms with van der Waals surface area (Å²) < 4.78 is 34.8. The van der Waals surface area contributed by atoms with Crippen molar-refractivity contribution in [2.45, 2.75) is 43.7 Å². The standard InChI is InChI=1S/C23H28O6S/c1-23(2)28-19(15-27-14-16-8-6-5-7-9-16)20(29-23)17-10-12-18(13-11-17)21(30(4)25)22(24)26-3/h5-13,19-21H,14-15H2,1-4H3. The lowest BCUT2D eigenvalue weighted by Crippen LogP contribution is -2.24. The van der Waals surface area contributed by atoms with E-state index in [0.29, 0.717) is 18.8 Å². The molecule has 1 heterocycles. The molecule has 1 aliphatic heterocycles. The maximum Gasteiger partial charge on any atom is 0.325 e. The van der Waals surface area contributed by atoms with Gasteiger partial charge in [0.2, 0.25) is 0 Å². The molecular formula is C23H28O6S. The molecule has 4 unspecified atom stereocenters. The van der Waals surface area contributed by atoms with Crippen LogP contribution >= 0.6 is 0 Å². The molecular weight excluding hydrogens is 404 g/mol. The van der Waals surface area contributed by atoms with Crippen molar-refractivity contribution in [1.29, 1.82) is 0 Å². The van der Waals surface area contributed by atoms with Gasteiger partial charge in [0.1, 0.15) is 12.2 Å². The summed E-state index contributed by atoms with van der Waals surface area (Å²) in [5, 5.41) is -0.814. The zero-order valence-corrected chi connectivity index (χ0v) is 18.5. The molecule has 1 saturated heterocycles. The van der Waals surface area contributed by atoms with Crippen molar-refractivity contribution in [3.05, 3.63) is 71.3 Å². The van der Waals surface area contributed by atoms with E-state index in [2.05, 4.69) is 0 Å². The molecule has 0 spiro atoms. The molecule has 0 amide bonds. The second-order valence-corrected chi connectivity index (χ2v) is 9.13. The molecule has 6 nitrogen and oxygen atoms in total. The molecule has 3 rings (SSSR count). The van der Waals surface area contributed by atoms with Gasteiger partial charge in [0.15, 0.2) is 11.0 Å². The number of ether oxygens (including phenoxy) is 4. The number of esters is 1. The Balaban J connectivity index is 1.71. The Labute approximate surface area is 179 Å². The molecule has 0 bridgehead atoms. The highest BCUT2D eigenvalue weighted by molar-refractivity contribution is 7.85. The molecule has 4 atom stereocenters. The van der Waals surface area contributed by atoms with Crippen LogP contribution < -0.4 is 0 Å². The van der Waals surface area contributed by atoms with Crippen LogP contribution in [0.2, 0.25) is 0 Å². The van der Waals surface area contributed by atoms with Crippen molar-refractivity contribution in [3.63, 3.8) is 0 Å². The largest absolute Gasteiger partial charge is 0.468 e. The van der Waals surface area contributed by atoms with Crippen molar-refractivity contribution in [3.8, 4) is 0 Å². The number of methoxy groups -OCH3 is 1. The summed E-state index contributed by atoms with van der Waals surface area (Å²) in [5.41, 5.74) is 2.64. The van der Waals surface area contributed by atoms with Crippen LogP contribution in [-0.2, 0) is 41.1 Å². The number of benzene rings is 2. The van der Waals surface area contributed by atoms with Gasteiger partial charge in [0, 0.05) is 17.1 Å². The van der Waals surface area contributed by atoms with Crippen LogP contribution in [0.5, 0.6) is 0 Å². The van der Waals surface area contributed by atoms with Crippen LogP contribution in [-0.4, -0.2) is 42.0 Å². The number of hydrogen-bond donors (Lipinski definition) is 0. The first-order valence-electron chi connectivity index (χ1n) is 9.78. The summed E-state index contributed by atoms with van der Waals surface area (Å²) in [6.45, 7) is 4.63. The predicted molar refractivity (Wildman–Crippen MR) is 114 cm³/mol. The van der Waals surface area contributed by atoms with Crippen LogP contribution in [0.25, 0.3) is 0 Å². The molecule has 162 valence electrons. The lowest BCUT2D eigenvalue weighted by molar-refractivity contribution is -0.151. The number of hydrogen-bond acceptors (Lipinski definition) is 6. The van der Waals surface area contributed by atoms with Gasteiger partial charge in [-0.25, -0.2) is 0 Å². The molecule has 2 aromatic carbocycles. The Morgan fingerprint density at radius 1 is 1.10 bits per heavy atom. The van der Waals surface area contributed by atoms with Crippen molar-refractivity contribution in [2.75, 3.05) is 20.0 Å². The SMILES string of the molecule is COC(=O)C(c1ccc(C2OC(C)(C)OC2COCc2ccccc2)cc1)S(C)=O. The average molecular weight is 433 g/mol. The summed E-state index contributed by atoms with van der Waals surface area (Å²) in [6.07, 6.45) is 0.909. The zero-order valence-electron chi connectivity index (χ0n) is 17.7. The van der Waals surface area contributed by atoms with E-state index in [0.717, 1.165) is 11.1 Å². The van der Waals surface area contributed by atoms with Crippen molar-refractivity contribution < 1.29 is 28.0 Å². The topological polar surface area (TPSA) is 71.1 Å². The third-order valence-electron chi connectivity index (χ3n) is 4.89. The molecule has 0 N–H and O–H groups in total. The van der Waals surface area contributed by atoms with Gasteiger partial charge in [-0.15, -0.1) is 0 Å². The lowest BCUT2D eigenvalue weighted by atomic mass is 10.0. The van der Waals surface area contributed by atoms with Crippen LogP contribution in [0, 0.1) is 0 Å².